The summed E-state index contributed by atoms with van der Waals surface area (Å²) < 4.78 is 52.8. The lowest BCUT2D eigenvalue weighted by Gasteiger charge is -2.44. The van der Waals surface area contributed by atoms with Gasteiger partial charge < -0.3 is 23.7 Å². The normalized spacial score (nSPS) is 20.9. The van der Waals surface area contributed by atoms with Crippen molar-refractivity contribution in [2.45, 2.75) is 35.8 Å². The molecule has 4 atom stereocenters. The van der Waals surface area contributed by atoms with Gasteiger partial charge in [0, 0.05) is 34.5 Å². The first kappa shape index (κ1) is 34.9. The highest BCUT2D eigenvalue weighted by atomic mass is 19.1. The van der Waals surface area contributed by atoms with Crippen LogP contribution in [-0.2, 0) is 25.4 Å². The van der Waals surface area contributed by atoms with Crippen molar-refractivity contribution >= 4 is 0 Å². The lowest BCUT2D eigenvalue weighted by atomic mass is 9.77. The Kier molecular flexibility index (Phi) is 8.48. The molecular weight excluding hydrogens is 724 g/mol. The van der Waals surface area contributed by atoms with E-state index in [1.807, 2.05) is 158 Å². The summed E-state index contributed by atoms with van der Waals surface area (Å²) in [5, 5.41) is 0. The summed E-state index contributed by atoms with van der Waals surface area (Å²) in [6.45, 7) is -0.193. The maximum atomic E-state index is 17.7. The van der Waals surface area contributed by atoms with Crippen molar-refractivity contribution in [3.63, 3.8) is 0 Å². The SMILES string of the molecule is O=c1ccn([C@@H]2O[C@H](COC3(c4ccccc4)c4ccccc4Oc4ccccc43)[C@@H](OC3(c4ccccc4)c4ccccc4Oc4ccccc43)[C@H]2F)c(=O)[nH]1. The molecule has 282 valence electrons. The molecule has 1 fully saturated rings. The van der Waals surface area contributed by atoms with E-state index in [2.05, 4.69) is 4.98 Å². The number of fused-ring (bicyclic) bond motifs is 4. The number of rotatable bonds is 8. The number of aromatic nitrogens is 2. The largest absolute Gasteiger partial charge is 0.457 e. The number of para-hydroxylation sites is 4. The molecule has 9 nitrogen and oxygen atoms in total. The van der Waals surface area contributed by atoms with Crippen LogP contribution >= 0.6 is 0 Å². The van der Waals surface area contributed by atoms with Crippen LogP contribution in [0.25, 0.3) is 0 Å². The van der Waals surface area contributed by atoms with Crippen molar-refractivity contribution in [3.05, 3.63) is 224 Å². The number of nitrogens with zero attached hydrogens (tertiary/aromatic N) is 1. The minimum absolute atomic E-state index is 0.193. The second kappa shape index (κ2) is 13.9. The molecule has 0 amide bonds. The zero-order valence-electron chi connectivity index (χ0n) is 30.4. The molecule has 6 aromatic carbocycles. The summed E-state index contributed by atoms with van der Waals surface area (Å²) in [4.78, 5) is 27.6. The third kappa shape index (κ3) is 5.55. The van der Waals surface area contributed by atoms with Crippen LogP contribution in [-0.4, -0.2) is 34.5 Å². The number of halogens is 1. The Hall–Kier alpha value is -6.59. The molecule has 3 aliphatic rings. The van der Waals surface area contributed by atoms with Gasteiger partial charge in [0.25, 0.3) is 5.56 Å². The molecule has 1 aromatic heterocycles. The highest BCUT2D eigenvalue weighted by molar-refractivity contribution is 5.62. The molecular formula is C47H35FN2O7. The van der Waals surface area contributed by atoms with Gasteiger partial charge in [0.15, 0.2) is 23.6 Å². The Morgan fingerprint density at radius 1 is 0.579 bits per heavy atom. The van der Waals surface area contributed by atoms with Crippen LogP contribution < -0.4 is 20.7 Å². The van der Waals surface area contributed by atoms with Crippen LogP contribution in [0.5, 0.6) is 23.0 Å². The van der Waals surface area contributed by atoms with Crippen molar-refractivity contribution in [1.29, 1.82) is 0 Å². The molecule has 3 aliphatic heterocycles. The molecule has 57 heavy (non-hydrogen) atoms. The minimum atomic E-state index is -1.92. The van der Waals surface area contributed by atoms with Crippen molar-refractivity contribution in [2.75, 3.05) is 6.61 Å². The van der Waals surface area contributed by atoms with Crippen molar-refractivity contribution < 1.29 is 28.1 Å². The van der Waals surface area contributed by atoms with Gasteiger partial charge in [-0.25, -0.2) is 9.18 Å². The summed E-state index contributed by atoms with van der Waals surface area (Å²) in [6, 6.07) is 51.0. The maximum absolute atomic E-state index is 17.7. The maximum Gasteiger partial charge on any atom is 0.330 e. The Morgan fingerprint density at radius 2 is 1.02 bits per heavy atom. The average Bonchev–Trinajstić information content (AvgIpc) is 3.56. The molecule has 10 rings (SSSR count). The van der Waals surface area contributed by atoms with Crippen LogP contribution in [0.2, 0.25) is 0 Å². The van der Waals surface area contributed by atoms with Gasteiger partial charge in [-0.3, -0.25) is 14.3 Å². The zero-order valence-corrected chi connectivity index (χ0v) is 30.4. The fraction of sp³-hybridized carbons (Fsp3) is 0.149. The van der Waals surface area contributed by atoms with Crippen LogP contribution in [0.1, 0.15) is 39.6 Å². The molecule has 0 aliphatic carbocycles. The molecule has 10 heteroatoms. The van der Waals surface area contributed by atoms with E-state index in [1.54, 1.807) is 0 Å². The first-order chi connectivity index (χ1) is 28.0. The predicted octanol–water partition coefficient (Wildman–Crippen LogP) is 8.37. The number of hydrogen-bond acceptors (Lipinski definition) is 7. The number of nitrogens with one attached hydrogen (secondary N) is 1. The molecule has 0 spiro atoms. The van der Waals surface area contributed by atoms with Crippen molar-refractivity contribution in [3.8, 4) is 23.0 Å². The van der Waals surface area contributed by atoms with E-state index < -0.39 is 47.1 Å². The summed E-state index contributed by atoms with van der Waals surface area (Å²) in [5.41, 5.74) is 0.337. The van der Waals surface area contributed by atoms with Gasteiger partial charge in [0.1, 0.15) is 35.2 Å². The molecule has 0 radical (unpaired) electrons. The highest BCUT2D eigenvalue weighted by Crippen LogP contribution is 2.56. The van der Waals surface area contributed by atoms with Gasteiger partial charge in [0.2, 0.25) is 0 Å². The van der Waals surface area contributed by atoms with E-state index in [4.69, 9.17) is 23.7 Å². The van der Waals surface area contributed by atoms with Gasteiger partial charge >= 0.3 is 5.69 Å². The van der Waals surface area contributed by atoms with E-state index in [9.17, 15) is 9.59 Å². The second-order valence-corrected chi connectivity index (χ2v) is 14.2. The van der Waals surface area contributed by atoms with E-state index >= 15 is 4.39 Å². The summed E-state index contributed by atoms with van der Waals surface area (Å²) in [7, 11) is 0. The lowest BCUT2D eigenvalue weighted by Crippen LogP contribution is -2.47. The Labute approximate surface area is 326 Å². The molecule has 0 saturated carbocycles. The Bertz CT molecular complexity index is 2630. The van der Waals surface area contributed by atoms with E-state index in [1.165, 1.54) is 6.20 Å². The molecule has 7 aromatic rings. The summed E-state index contributed by atoms with van der Waals surface area (Å²) in [6.07, 6.45) is -4.61. The standard InChI is InChI=1S/C47H35FN2O7/c48-42-43(57-47(31-17-5-2-6-18-31)34-21-9-13-25-38(34)55-39-26-14-10-22-35(39)47)40(56-44(42)50-28-27-41(51)49-45(50)52)29-53-46(30-15-3-1-4-16-30)32-19-7-11-23-36(32)54-37-24-12-8-20-33(37)46/h1-28,40,42-44H,29H2,(H,49,51,52)/t40-,42-,43-,44-/m1/s1. The number of benzene rings is 6. The Morgan fingerprint density at radius 3 is 1.51 bits per heavy atom. The topological polar surface area (TPSA) is 101 Å². The summed E-state index contributed by atoms with van der Waals surface area (Å²) >= 11 is 0. The smallest absolute Gasteiger partial charge is 0.330 e. The molecule has 1 N–H and O–H groups in total. The fourth-order valence-corrected chi connectivity index (χ4v) is 8.55. The van der Waals surface area contributed by atoms with Crippen LogP contribution in [0.3, 0.4) is 0 Å². The van der Waals surface area contributed by atoms with Gasteiger partial charge in [-0.15, -0.1) is 0 Å². The van der Waals surface area contributed by atoms with Crippen LogP contribution in [0, 0.1) is 0 Å². The fourth-order valence-electron chi connectivity index (χ4n) is 8.55. The predicted molar refractivity (Wildman–Crippen MR) is 210 cm³/mol. The first-order valence-electron chi connectivity index (χ1n) is 18.7. The zero-order chi connectivity index (χ0) is 38.6. The highest BCUT2D eigenvalue weighted by Gasteiger charge is 2.56. The average molecular weight is 759 g/mol. The van der Waals surface area contributed by atoms with E-state index in [0.29, 0.717) is 34.1 Å². The number of alkyl halides is 1. The Balaban J connectivity index is 1.15. The minimum Gasteiger partial charge on any atom is -0.457 e. The first-order valence-corrected chi connectivity index (χ1v) is 18.7. The number of hydrogen-bond donors (Lipinski definition) is 1. The number of H-pyrrole nitrogens is 1. The molecule has 4 heterocycles. The van der Waals surface area contributed by atoms with Gasteiger partial charge in [-0.05, 0) is 35.4 Å². The third-order valence-electron chi connectivity index (χ3n) is 11.0. The van der Waals surface area contributed by atoms with Crippen LogP contribution in [0.15, 0.2) is 180 Å². The molecule has 1 saturated heterocycles. The molecule has 0 unspecified atom stereocenters. The van der Waals surface area contributed by atoms with Crippen LogP contribution in [0.4, 0.5) is 4.39 Å². The monoisotopic (exact) mass is 758 g/mol. The second-order valence-electron chi connectivity index (χ2n) is 14.2. The van der Waals surface area contributed by atoms with E-state index in [0.717, 1.165) is 32.9 Å². The van der Waals surface area contributed by atoms with Gasteiger partial charge in [-0.1, -0.05) is 133 Å². The van der Waals surface area contributed by atoms with E-state index in [-0.39, 0.29) is 6.61 Å². The number of ether oxygens (including phenoxy) is 5. The lowest BCUT2D eigenvalue weighted by molar-refractivity contribution is -0.130. The van der Waals surface area contributed by atoms with Crippen molar-refractivity contribution in [1.82, 2.24) is 9.55 Å². The van der Waals surface area contributed by atoms with Gasteiger partial charge in [0.05, 0.1) is 6.61 Å². The van der Waals surface area contributed by atoms with Gasteiger partial charge in [-0.2, -0.15) is 0 Å². The quantitative estimate of drug-likeness (QED) is 0.166. The summed E-state index contributed by atoms with van der Waals surface area (Å²) in [5.74, 6) is 2.32. The molecule has 0 bridgehead atoms. The number of aromatic amines is 1. The van der Waals surface area contributed by atoms with Crippen molar-refractivity contribution in [2.24, 2.45) is 0 Å². The third-order valence-corrected chi connectivity index (χ3v) is 11.0.